The number of hydrogen-bond acceptors (Lipinski definition) is 3. The Morgan fingerprint density at radius 3 is 1.79 bits per heavy atom. The van der Waals surface area contributed by atoms with Crippen LogP contribution in [0.4, 0.5) is 0 Å². The van der Waals surface area contributed by atoms with Crippen molar-refractivity contribution >= 4 is 7.26 Å². The van der Waals surface area contributed by atoms with Crippen molar-refractivity contribution in [3.8, 4) is 0 Å². The Bertz CT molecular complexity index is 251. The number of rotatable bonds is 5. The molecular weight excluding hydrogens is 199 g/mol. The molecule has 0 unspecified atom stereocenters. The minimum absolute atomic E-state index is 0.102. The van der Waals surface area contributed by atoms with Crippen molar-refractivity contribution in [1.82, 2.24) is 0 Å². The lowest BCUT2D eigenvalue weighted by molar-refractivity contribution is 0.311. The van der Waals surface area contributed by atoms with E-state index in [1.165, 1.54) is 0 Å². The predicted octanol–water partition coefficient (Wildman–Crippen LogP) is 1.05. The molecule has 0 bridgehead atoms. The normalized spacial score (nSPS) is 11.6. The molecule has 0 aliphatic rings. The molecule has 0 saturated heterocycles. The molecule has 1 rings (SSSR count). The molecule has 0 atom stereocenters. The zero-order valence-corrected chi connectivity index (χ0v) is 8.90. The minimum atomic E-state index is -1.99. The first-order valence-corrected chi connectivity index (χ1v) is 7.01. The Labute approximate surface area is 84.4 Å². The van der Waals surface area contributed by atoms with Gasteiger partial charge in [0.05, 0.1) is 13.4 Å². The van der Waals surface area contributed by atoms with Gasteiger partial charge in [-0.3, -0.25) is 0 Å². The van der Waals surface area contributed by atoms with Gasteiger partial charge in [-0.15, -0.1) is 0 Å². The predicted molar refractivity (Wildman–Crippen MR) is 58.3 cm³/mol. The smallest absolute Gasteiger partial charge is 0.159 e. The Kier molecular flexibility index (Phi) is 4.49. The van der Waals surface area contributed by atoms with Gasteiger partial charge < -0.3 is 15.3 Å². The van der Waals surface area contributed by atoms with Crippen molar-refractivity contribution in [2.75, 3.05) is 19.0 Å². The molecule has 3 N–H and O–H groups in total. The zero-order chi connectivity index (χ0) is 10.4. The average molecular weight is 215 g/mol. The van der Waals surface area contributed by atoms with Gasteiger partial charge in [0.25, 0.3) is 0 Å². The molecule has 0 heterocycles. The van der Waals surface area contributed by atoms with Gasteiger partial charge >= 0.3 is 0 Å². The highest BCUT2D eigenvalue weighted by molar-refractivity contribution is 7.74. The largest absolute Gasteiger partial charge is 0.362 e. The van der Waals surface area contributed by atoms with Gasteiger partial charge in [-0.2, -0.15) is 0 Å². The van der Waals surface area contributed by atoms with Gasteiger partial charge in [-0.05, 0) is 5.56 Å². The summed E-state index contributed by atoms with van der Waals surface area (Å²) in [7, 11) is -1.99. The van der Waals surface area contributed by atoms with E-state index in [1.807, 2.05) is 30.3 Å². The molecule has 78 valence electrons. The van der Waals surface area contributed by atoms with Gasteiger partial charge in [0.1, 0.15) is 0 Å². The van der Waals surface area contributed by atoms with Crippen molar-refractivity contribution in [2.24, 2.45) is 0 Å². The van der Waals surface area contributed by atoms with Crippen LogP contribution in [0.25, 0.3) is 0 Å². The second kappa shape index (κ2) is 5.42. The Hall–Kier alpha value is -0.470. The van der Waals surface area contributed by atoms with Crippen LogP contribution in [0.15, 0.2) is 30.3 Å². The summed E-state index contributed by atoms with van der Waals surface area (Å²) in [6, 6.07) is 9.62. The lowest BCUT2D eigenvalue weighted by Gasteiger charge is -2.19. The monoisotopic (exact) mass is 215 g/mol. The third kappa shape index (κ3) is 2.76. The average Bonchev–Trinajstić information content (AvgIpc) is 2.28. The van der Waals surface area contributed by atoms with Gasteiger partial charge in [-0.1, -0.05) is 30.3 Å². The van der Waals surface area contributed by atoms with Crippen molar-refractivity contribution in [3.63, 3.8) is 0 Å². The van der Waals surface area contributed by atoms with Crippen molar-refractivity contribution < 1.29 is 15.3 Å². The molecule has 1 aromatic carbocycles. The molecule has 0 fully saturated rings. The highest BCUT2D eigenvalue weighted by Gasteiger charge is 2.35. The Balaban J connectivity index is 2.74. The number of hydrogen-bond donors (Lipinski definition) is 3. The molecular formula is C10H16O3P+. The molecule has 4 heteroatoms. The van der Waals surface area contributed by atoms with E-state index in [1.54, 1.807) is 0 Å². The summed E-state index contributed by atoms with van der Waals surface area (Å²) in [5, 5.41) is 27.5. The number of aliphatic hydroxyl groups excluding tert-OH is 3. The van der Waals surface area contributed by atoms with E-state index < -0.39 is 7.26 Å². The number of aliphatic hydroxyl groups is 3. The van der Waals surface area contributed by atoms with Crippen LogP contribution in [0.3, 0.4) is 0 Å². The first kappa shape index (κ1) is 11.6. The highest BCUT2D eigenvalue weighted by atomic mass is 31.2. The van der Waals surface area contributed by atoms with Crippen molar-refractivity contribution in [3.05, 3.63) is 35.9 Å². The molecule has 0 spiro atoms. The maximum absolute atomic E-state index is 9.17. The Morgan fingerprint density at radius 2 is 1.36 bits per heavy atom. The van der Waals surface area contributed by atoms with Crippen LogP contribution < -0.4 is 0 Å². The van der Waals surface area contributed by atoms with E-state index in [4.69, 9.17) is 15.3 Å². The first-order chi connectivity index (χ1) is 6.76. The van der Waals surface area contributed by atoms with E-state index >= 15 is 0 Å². The van der Waals surface area contributed by atoms with Gasteiger partial charge in [-0.25, -0.2) is 0 Å². The molecule has 14 heavy (non-hydrogen) atoms. The van der Waals surface area contributed by atoms with Crippen molar-refractivity contribution in [2.45, 2.75) is 6.16 Å². The molecule has 0 amide bonds. The van der Waals surface area contributed by atoms with E-state index in [0.717, 1.165) is 5.56 Å². The lowest BCUT2D eigenvalue weighted by Crippen LogP contribution is -2.10. The summed E-state index contributed by atoms with van der Waals surface area (Å²) >= 11 is 0. The molecule has 0 saturated carbocycles. The summed E-state index contributed by atoms with van der Waals surface area (Å²) in [6.45, 7) is 0. The van der Waals surface area contributed by atoms with Gasteiger partial charge in [0, 0.05) is 0 Å². The van der Waals surface area contributed by atoms with Crippen LogP contribution in [0.2, 0.25) is 0 Å². The SMILES string of the molecule is OC[P+](CO)(CO)Cc1ccccc1. The summed E-state index contributed by atoms with van der Waals surface area (Å²) < 4.78 is 0. The van der Waals surface area contributed by atoms with Crippen LogP contribution in [0, 0.1) is 0 Å². The lowest BCUT2D eigenvalue weighted by atomic mass is 10.2. The van der Waals surface area contributed by atoms with Crippen LogP contribution in [0.1, 0.15) is 5.56 Å². The van der Waals surface area contributed by atoms with Crippen molar-refractivity contribution in [1.29, 1.82) is 0 Å². The van der Waals surface area contributed by atoms with E-state index in [9.17, 15) is 0 Å². The molecule has 0 aromatic heterocycles. The third-order valence-electron chi connectivity index (χ3n) is 2.26. The molecule has 3 nitrogen and oxygen atoms in total. The minimum Gasteiger partial charge on any atom is -0.362 e. The van der Waals surface area contributed by atoms with E-state index in [-0.39, 0.29) is 19.0 Å². The van der Waals surface area contributed by atoms with E-state index in [2.05, 4.69) is 0 Å². The standard InChI is InChI=1S/C10H16O3P/c11-7-14(8-12,9-13)6-10-4-2-1-3-5-10/h1-5,11-13H,6-9H2/q+1. The number of benzene rings is 1. The molecule has 0 aliphatic heterocycles. The maximum Gasteiger partial charge on any atom is 0.159 e. The summed E-state index contributed by atoms with van der Waals surface area (Å²) in [6.07, 6.45) is 0.288. The highest BCUT2D eigenvalue weighted by Crippen LogP contribution is 2.58. The molecule has 0 radical (unpaired) electrons. The quantitative estimate of drug-likeness (QED) is 0.643. The first-order valence-electron chi connectivity index (χ1n) is 4.48. The second-order valence-corrected chi connectivity index (χ2v) is 7.26. The second-order valence-electron chi connectivity index (χ2n) is 3.41. The van der Waals surface area contributed by atoms with Crippen LogP contribution in [0.5, 0.6) is 0 Å². The molecule has 0 aliphatic carbocycles. The van der Waals surface area contributed by atoms with Crippen LogP contribution in [-0.2, 0) is 6.16 Å². The van der Waals surface area contributed by atoms with E-state index in [0.29, 0.717) is 6.16 Å². The summed E-state index contributed by atoms with van der Waals surface area (Å²) in [5.41, 5.74) is 1.05. The topological polar surface area (TPSA) is 60.7 Å². The fourth-order valence-corrected chi connectivity index (χ4v) is 2.81. The Morgan fingerprint density at radius 1 is 0.857 bits per heavy atom. The van der Waals surface area contributed by atoms with Gasteiger partial charge in [0.15, 0.2) is 19.0 Å². The third-order valence-corrected chi connectivity index (χ3v) is 5.10. The zero-order valence-electron chi connectivity index (χ0n) is 8.00. The van der Waals surface area contributed by atoms with Crippen LogP contribution >= 0.6 is 7.26 Å². The summed E-state index contributed by atoms with van der Waals surface area (Å²) in [4.78, 5) is 0. The molecule has 1 aromatic rings. The maximum atomic E-state index is 9.17. The summed E-state index contributed by atoms with van der Waals surface area (Å²) in [5.74, 6) is 0. The fraction of sp³-hybridized carbons (Fsp3) is 0.400. The fourth-order valence-electron chi connectivity index (χ4n) is 1.25. The van der Waals surface area contributed by atoms with Gasteiger partial charge in [0.2, 0.25) is 0 Å². The van der Waals surface area contributed by atoms with Crippen LogP contribution in [-0.4, -0.2) is 34.4 Å².